The lowest BCUT2D eigenvalue weighted by atomic mass is 10.2. The van der Waals surface area contributed by atoms with Gasteiger partial charge in [-0.2, -0.15) is 0 Å². The van der Waals surface area contributed by atoms with E-state index in [2.05, 4.69) is 15.6 Å². The second-order valence-electron chi connectivity index (χ2n) is 6.28. The number of carbonyl (C=O) groups is 2. The highest BCUT2D eigenvalue weighted by Crippen LogP contribution is 2.29. The van der Waals surface area contributed by atoms with E-state index in [4.69, 9.17) is 4.74 Å². The topological polar surface area (TPSA) is 102 Å². The quantitative estimate of drug-likeness (QED) is 0.464. The molecule has 3 rings (SSSR count). The minimum Gasteiger partial charge on any atom is -0.492 e. The van der Waals surface area contributed by atoms with Crippen LogP contribution >= 0.6 is 11.8 Å². The van der Waals surface area contributed by atoms with Gasteiger partial charge in [-0.1, -0.05) is 36.0 Å². The van der Waals surface area contributed by atoms with Gasteiger partial charge in [0.1, 0.15) is 5.75 Å². The molecule has 0 aliphatic heterocycles. The first kappa shape index (κ1) is 21.4. The number of aromatic nitrogens is 2. The van der Waals surface area contributed by atoms with E-state index >= 15 is 0 Å². The van der Waals surface area contributed by atoms with Crippen molar-refractivity contribution < 1.29 is 14.3 Å². The van der Waals surface area contributed by atoms with E-state index in [0.29, 0.717) is 34.1 Å². The molecular weight excluding hydrogens is 404 g/mol. The summed E-state index contributed by atoms with van der Waals surface area (Å²) in [4.78, 5) is 41.8. The molecule has 2 N–H and O–H groups in total. The van der Waals surface area contributed by atoms with E-state index in [-0.39, 0.29) is 5.56 Å². The Balaban J connectivity index is 2.14. The fourth-order valence-corrected chi connectivity index (χ4v) is 3.73. The average molecular weight is 426 g/mol. The number of hydrogen-bond acceptors (Lipinski definition) is 6. The number of fused-ring (bicyclic) bond motifs is 1. The Bertz CT molecular complexity index is 1150. The Morgan fingerprint density at radius 2 is 1.87 bits per heavy atom. The van der Waals surface area contributed by atoms with Gasteiger partial charge in [0.15, 0.2) is 5.16 Å². The zero-order valence-corrected chi connectivity index (χ0v) is 17.7. The highest BCUT2D eigenvalue weighted by atomic mass is 32.2. The Hall–Kier alpha value is -3.33. The number of nitrogens with one attached hydrogen (secondary N) is 2. The third-order valence-electron chi connectivity index (χ3n) is 4.27. The SMILES string of the molecule is CCOc1ccccc1-n1c(SC(C)C(=O)NC(=O)NC)nc2ccccc2c1=O. The molecule has 0 fully saturated rings. The van der Waals surface area contributed by atoms with Crippen LogP contribution in [-0.2, 0) is 4.79 Å². The number of para-hydroxylation sites is 3. The maximum Gasteiger partial charge on any atom is 0.321 e. The molecule has 0 aliphatic rings. The van der Waals surface area contributed by atoms with E-state index in [1.807, 2.05) is 13.0 Å². The maximum absolute atomic E-state index is 13.4. The smallest absolute Gasteiger partial charge is 0.321 e. The van der Waals surface area contributed by atoms with Crippen molar-refractivity contribution in [1.29, 1.82) is 0 Å². The van der Waals surface area contributed by atoms with Crippen LogP contribution in [0.4, 0.5) is 4.79 Å². The van der Waals surface area contributed by atoms with Gasteiger partial charge in [-0.3, -0.25) is 19.5 Å². The number of carbonyl (C=O) groups excluding carboxylic acids is 2. The standard InChI is InChI=1S/C21H22N4O4S/c1-4-29-17-12-8-7-11-16(17)25-19(27)14-9-5-6-10-15(14)23-21(25)30-13(2)18(26)24-20(28)22-3/h5-13H,4H2,1-3H3,(H2,22,24,26,28). The van der Waals surface area contributed by atoms with Gasteiger partial charge in [-0.25, -0.2) is 9.78 Å². The second-order valence-corrected chi connectivity index (χ2v) is 7.59. The molecule has 30 heavy (non-hydrogen) atoms. The van der Waals surface area contributed by atoms with Crippen LogP contribution in [0.1, 0.15) is 13.8 Å². The minimum absolute atomic E-state index is 0.269. The molecule has 1 atom stereocenters. The van der Waals surface area contributed by atoms with Crippen LogP contribution in [0.5, 0.6) is 5.75 Å². The highest BCUT2D eigenvalue weighted by molar-refractivity contribution is 8.00. The van der Waals surface area contributed by atoms with E-state index in [1.54, 1.807) is 49.4 Å². The van der Waals surface area contributed by atoms with Crippen LogP contribution in [-0.4, -0.2) is 40.4 Å². The molecule has 1 heterocycles. The second kappa shape index (κ2) is 9.45. The van der Waals surface area contributed by atoms with E-state index < -0.39 is 17.2 Å². The Kier molecular flexibility index (Phi) is 6.73. The number of rotatable bonds is 6. The lowest BCUT2D eigenvalue weighted by molar-refractivity contribution is -0.119. The zero-order valence-electron chi connectivity index (χ0n) is 16.8. The highest BCUT2D eigenvalue weighted by Gasteiger charge is 2.22. The molecule has 2 aromatic carbocycles. The van der Waals surface area contributed by atoms with Crippen LogP contribution in [0.3, 0.4) is 0 Å². The van der Waals surface area contributed by atoms with Gasteiger partial charge in [-0.15, -0.1) is 0 Å². The van der Waals surface area contributed by atoms with E-state index in [1.165, 1.54) is 11.6 Å². The Labute approximate surface area is 177 Å². The number of benzene rings is 2. The van der Waals surface area contributed by atoms with Crippen molar-refractivity contribution in [3.8, 4) is 11.4 Å². The summed E-state index contributed by atoms with van der Waals surface area (Å²) in [5, 5.41) is 4.68. The summed E-state index contributed by atoms with van der Waals surface area (Å²) in [7, 11) is 1.42. The van der Waals surface area contributed by atoms with Gasteiger partial charge < -0.3 is 10.1 Å². The minimum atomic E-state index is -0.680. The molecule has 0 spiro atoms. The van der Waals surface area contributed by atoms with Crippen LogP contribution in [0, 0.1) is 0 Å². The largest absolute Gasteiger partial charge is 0.492 e. The number of hydrogen-bond donors (Lipinski definition) is 2. The molecule has 0 radical (unpaired) electrons. The van der Waals surface area contributed by atoms with Crippen molar-refractivity contribution in [3.63, 3.8) is 0 Å². The first-order valence-electron chi connectivity index (χ1n) is 9.39. The molecule has 1 unspecified atom stereocenters. The van der Waals surface area contributed by atoms with Gasteiger partial charge >= 0.3 is 6.03 Å². The monoisotopic (exact) mass is 426 g/mol. The molecule has 0 saturated carbocycles. The van der Waals surface area contributed by atoms with Crippen molar-refractivity contribution in [1.82, 2.24) is 20.2 Å². The predicted octanol–water partition coefficient (Wildman–Crippen LogP) is 2.72. The van der Waals surface area contributed by atoms with Crippen LogP contribution in [0.2, 0.25) is 0 Å². The number of imide groups is 1. The summed E-state index contributed by atoms with van der Waals surface area (Å²) in [6.07, 6.45) is 0. The fourth-order valence-electron chi connectivity index (χ4n) is 2.81. The molecule has 0 aliphatic carbocycles. The normalized spacial score (nSPS) is 11.7. The van der Waals surface area contributed by atoms with E-state index in [0.717, 1.165) is 11.8 Å². The Morgan fingerprint density at radius 3 is 2.60 bits per heavy atom. The average Bonchev–Trinajstić information content (AvgIpc) is 2.75. The summed E-state index contributed by atoms with van der Waals surface area (Å²) in [6, 6.07) is 13.6. The van der Waals surface area contributed by atoms with Crippen molar-refractivity contribution >= 4 is 34.6 Å². The first-order chi connectivity index (χ1) is 14.5. The van der Waals surface area contributed by atoms with Gasteiger partial charge in [0.05, 0.1) is 28.4 Å². The number of thioether (sulfide) groups is 1. The number of amides is 3. The van der Waals surface area contributed by atoms with Gasteiger partial charge in [0.25, 0.3) is 5.56 Å². The van der Waals surface area contributed by atoms with Crippen LogP contribution < -0.4 is 20.9 Å². The summed E-state index contributed by atoms with van der Waals surface area (Å²) < 4.78 is 7.15. The van der Waals surface area contributed by atoms with Crippen molar-refractivity contribution in [3.05, 3.63) is 58.9 Å². The molecule has 3 amide bonds. The zero-order chi connectivity index (χ0) is 21.7. The summed E-state index contributed by atoms with van der Waals surface area (Å²) in [5.41, 5.74) is 0.784. The van der Waals surface area contributed by atoms with Crippen molar-refractivity contribution in [2.24, 2.45) is 0 Å². The number of urea groups is 1. The lowest BCUT2D eigenvalue weighted by Gasteiger charge is -2.18. The summed E-state index contributed by atoms with van der Waals surface area (Å²) in [6.45, 7) is 3.93. The van der Waals surface area contributed by atoms with Gasteiger partial charge in [-0.05, 0) is 38.1 Å². The summed E-state index contributed by atoms with van der Waals surface area (Å²) >= 11 is 1.09. The van der Waals surface area contributed by atoms with Crippen LogP contribution in [0.15, 0.2) is 58.5 Å². The molecule has 0 saturated heterocycles. The Morgan fingerprint density at radius 1 is 1.17 bits per heavy atom. The molecule has 9 heteroatoms. The molecule has 0 bridgehead atoms. The molecular formula is C21H22N4O4S. The third kappa shape index (κ3) is 4.46. The molecule has 3 aromatic rings. The van der Waals surface area contributed by atoms with Crippen LogP contribution in [0.25, 0.3) is 16.6 Å². The lowest BCUT2D eigenvalue weighted by Crippen LogP contribution is -2.41. The maximum atomic E-state index is 13.4. The van der Waals surface area contributed by atoms with Crippen molar-refractivity contribution in [2.45, 2.75) is 24.3 Å². The molecule has 1 aromatic heterocycles. The summed E-state index contributed by atoms with van der Waals surface area (Å²) in [5.74, 6) is 0.0369. The number of ether oxygens (including phenoxy) is 1. The van der Waals surface area contributed by atoms with Gasteiger partial charge in [0, 0.05) is 7.05 Å². The first-order valence-corrected chi connectivity index (χ1v) is 10.3. The number of nitrogens with zero attached hydrogens (tertiary/aromatic N) is 2. The third-order valence-corrected chi connectivity index (χ3v) is 5.32. The fraction of sp³-hybridized carbons (Fsp3) is 0.238. The van der Waals surface area contributed by atoms with E-state index in [9.17, 15) is 14.4 Å². The molecule has 8 nitrogen and oxygen atoms in total. The predicted molar refractivity (Wildman–Crippen MR) is 116 cm³/mol. The van der Waals surface area contributed by atoms with Crippen molar-refractivity contribution in [2.75, 3.05) is 13.7 Å². The van der Waals surface area contributed by atoms with Gasteiger partial charge in [0.2, 0.25) is 5.91 Å². The molecule has 156 valence electrons.